The maximum atomic E-state index is 4.97. The van der Waals surface area contributed by atoms with Crippen LogP contribution in [0.1, 0.15) is 26.7 Å². The summed E-state index contributed by atoms with van der Waals surface area (Å²) >= 11 is 2.04. The van der Waals surface area contributed by atoms with Gasteiger partial charge in [-0.15, -0.1) is 0 Å². The first-order chi connectivity index (χ1) is 6.81. The lowest BCUT2D eigenvalue weighted by molar-refractivity contribution is 0.198. The van der Waals surface area contributed by atoms with E-state index in [0.29, 0.717) is 0 Å². The fourth-order valence-corrected chi connectivity index (χ4v) is 1.96. The Kier molecular flexibility index (Phi) is 11.6. The van der Waals surface area contributed by atoms with Crippen molar-refractivity contribution in [3.05, 3.63) is 0 Å². The summed E-state index contributed by atoms with van der Waals surface area (Å²) in [7, 11) is 1.74. The van der Waals surface area contributed by atoms with Crippen LogP contribution in [-0.4, -0.2) is 38.3 Å². The van der Waals surface area contributed by atoms with E-state index in [2.05, 4.69) is 19.2 Å². The fraction of sp³-hybridized carbons (Fsp3) is 1.00. The van der Waals surface area contributed by atoms with Crippen LogP contribution in [0.3, 0.4) is 0 Å². The van der Waals surface area contributed by atoms with Gasteiger partial charge in [0, 0.05) is 13.7 Å². The number of nitrogens with one attached hydrogen (secondary N) is 1. The Balaban J connectivity index is 3.07. The van der Waals surface area contributed by atoms with E-state index in [1.54, 1.807) is 7.11 Å². The normalized spacial score (nSPS) is 13.1. The first kappa shape index (κ1) is 14.3. The highest BCUT2D eigenvalue weighted by atomic mass is 32.2. The molecule has 14 heavy (non-hydrogen) atoms. The summed E-state index contributed by atoms with van der Waals surface area (Å²) in [5.41, 5.74) is 0. The quantitative estimate of drug-likeness (QED) is 0.570. The van der Waals surface area contributed by atoms with Gasteiger partial charge < -0.3 is 10.1 Å². The third-order valence-corrected chi connectivity index (χ3v) is 3.15. The van der Waals surface area contributed by atoms with Gasteiger partial charge in [-0.1, -0.05) is 13.8 Å². The number of hydrogen-bond donors (Lipinski definition) is 1. The first-order valence-electron chi connectivity index (χ1n) is 5.58. The summed E-state index contributed by atoms with van der Waals surface area (Å²) < 4.78 is 4.97. The highest BCUT2D eigenvalue weighted by Gasteiger charge is 2.00. The average molecular weight is 219 g/mol. The fourth-order valence-electron chi connectivity index (χ4n) is 1.30. The summed E-state index contributed by atoms with van der Waals surface area (Å²) in [5, 5.41) is 3.40. The first-order valence-corrected chi connectivity index (χ1v) is 6.74. The molecule has 0 amide bonds. The minimum atomic E-state index is 0.796. The second-order valence-electron chi connectivity index (χ2n) is 3.64. The van der Waals surface area contributed by atoms with Crippen molar-refractivity contribution >= 4 is 11.8 Å². The van der Waals surface area contributed by atoms with Crippen molar-refractivity contribution in [3.63, 3.8) is 0 Å². The Labute approximate surface area is 93.2 Å². The van der Waals surface area contributed by atoms with Crippen LogP contribution in [0.4, 0.5) is 0 Å². The van der Waals surface area contributed by atoms with Crippen molar-refractivity contribution in [1.29, 1.82) is 0 Å². The molecule has 0 saturated heterocycles. The zero-order valence-electron chi connectivity index (χ0n) is 9.84. The molecule has 0 spiro atoms. The molecule has 0 aromatic carbocycles. The Morgan fingerprint density at radius 1 is 1.43 bits per heavy atom. The van der Waals surface area contributed by atoms with Gasteiger partial charge in [-0.25, -0.2) is 0 Å². The van der Waals surface area contributed by atoms with Gasteiger partial charge in [-0.2, -0.15) is 11.8 Å². The standard InChI is InChI=1S/C11H25NOS/c1-4-14-9-5-6-11(2)10-12-7-8-13-3/h11-12H,4-10H2,1-3H3. The molecule has 0 aliphatic carbocycles. The number of hydrogen-bond acceptors (Lipinski definition) is 3. The second-order valence-corrected chi connectivity index (χ2v) is 5.04. The zero-order chi connectivity index (χ0) is 10.6. The predicted octanol–water partition coefficient (Wildman–Crippen LogP) is 2.39. The van der Waals surface area contributed by atoms with E-state index in [9.17, 15) is 0 Å². The van der Waals surface area contributed by atoms with Crippen LogP contribution in [0.15, 0.2) is 0 Å². The van der Waals surface area contributed by atoms with Gasteiger partial charge in [0.15, 0.2) is 0 Å². The summed E-state index contributed by atoms with van der Waals surface area (Å²) in [4.78, 5) is 0. The van der Waals surface area contributed by atoms with E-state index < -0.39 is 0 Å². The smallest absolute Gasteiger partial charge is 0.0587 e. The third-order valence-electron chi connectivity index (χ3n) is 2.17. The lowest BCUT2D eigenvalue weighted by Gasteiger charge is -2.11. The van der Waals surface area contributed by atoms with Crippen LogP contribution in [0.25, 0.3) is 0 Å². The molecule has 0 aliphatic rings. The van der Waals surface area contributed by atoms with Gasteiger partial charge in [0.2, 0.25) is 0 Å². The maximum absolute atomic E-state index is 4.97. The van der Waals surface area contributed by atoms with E-state index in [1.165, 1.54) is 24.3 Å². The van der Waals surface area contributed by atoms with Crippen LogP contribution < -0.4 is 5.32 Å². The lowest BCUT2D eigenvalue weighted by atomic mass is 10.1. The maximum Gasteiger partial charge on any atom is 0.0587 e. The molecule has 0 radical (unpaired) electrons. The molecule has 86 valence electrons. The minimum absolute atomic E-state index is 0.796. The summed E-state index contributed by atoms with van der Waals surface area (Å²) in [5.74, 6) is 3.36. The molecule has 3 heteroatoms. The SMILES string of the molecule is CCSCCCC(C)CNCCOC. The average Bonchev–Trinajstić information content (AvgIpc) is 2.19. The summed E-state index contributed by atoms with van der Waals surface area (Å²) in [6, 6.07) is 0. The Hall–Kier alpha value is 0.270. The monoisotopic (exact) mass is 219 g/mol. The molecule has 0 heterocycles. The van der Waals surface area contributed by atoms with Crippen molar-refractivity contribution in [1.82, 2.24) is 5.32 Å². The molecule has 1 unspecified atom stereocenters. The zero-order valence-corrected chi connectivity index (χ0v) is 10.7. The van der Waals surface area contributed by atoms with Gasteiger partial charge in [-0.05, 0) is 36.8 Å². The van der Waals surface area contributed by atoms with Gasteiger partial charge in [0.05, 0.1) is 6.61 Å². The molecule has 0 bridgehead atoms. The molecular formula is C11H25NOS. The van der Waals surface area contributed by atoms with E-state index in [-0.39, 0.29) is 0 Å². The molecule has 0 fully saturated rings. The molecule has 1 N–H and O–H groups in total. The van der Waals surface area contributed by atoms with E-state index in [0.717, 1.165) is 25.6 Å². The molecule has 0 aliphatic heterocycles. The molecule has 0 aromatic rings. The van der Waals surface area contributed by atoms with Gasteiger partial charge in [-0.3, -0.25) is 0 Å². The highest BCUT2D eigenvalue weighted by molar-refractivity contribution is 7.99. The van der Waals surface area contributed by atoms with Crippen LogP contribution in [0, 0.1) is 5.92 Å². The van der Waals surface area contributed by atoms with Crippen LogP contribution in [-0.2, 0) is 4.74 Å². The van der Waals surface area contributed by atoms with Gasteiger partial charge >= 0.3 is 0 Å². The van der Waals surface area contributed by atoms with E-state index in [4.69, 9.17) is 4.74 Å². The third kappa shape index (κ3) is 10.4. The van der Waals surface area contributed by atoms with Gasteiger partial charge in [0.1, 0.15) is 0 Å². The molecule has 0 saturated carbocycles. The second kappa shape index (κ2) is 11.3. The Morgan fingerprint density at radius 3 is 2.86 bits per heavy atom. The minimum Gasteiger partial charge on any atom is -0.383 e. The van der Waals surface area contributed by atoms with Crippen molar-refractivity contribution in [3.8, 4) is 0 Å². The molecular weight excluding hydrogens is 194 g/mol. The van der Waals surface area contributed by atoms with Crippen LogP contribution in [0.5, 0.6) is 0 Å². The van der Waals surface area contributed by atoms with Crippen molar-refractivity contribution in [2.45, 2.75) is 26.7 Å². The molecule has 2 nitrogen and oxygen atoms in total. The van der Waals surface area contributed by atoms with Crippen LogP contribution >= 0.6 is 11.8 Å². The van der Waals surface area contributed by atoms with Crippen molar-refractivity contribution < 1.29 is 4.74 Å². The van der Waals surface area contributed by atoms with Crippen LogP contribution in [0.2, 0.25) is 0 Å². The Morgan fingerprint density at radius 2 is 2.21 bits per heavy atom. The summed E-state index contributed by atoms with van der Waals surface area (Å²) in [6.07, 6.45) is 2.69. The van der Waals surface area contributed by atoms with E-state index in [1.807, 2.05) is 11.8 Å². The molecule has 0 rings (SSSR count). The van der Waals surface area contributed by atoms with Crippen molar-refractivity contribution in [2.24, 2.45) is 5.92 Å². The number of rotatable bonds is 10. The number of methoxy groups -OCH3 is 1. The van der Waals surface area contributed by atoms with Gasteiger partial charge in [0.25, 0.3) is 0 Å². The van der Waals surface area contributed by atoms with E-state index >= 15 is 0 Å². The van der Waals surface area contributed by atoms with Crippen molar-refractivity contribution in [2.75, 3.05) is 38.3 Å². The highest BCUT2D eigenvalue weighted by Crippen LogP contribution is 2.09. The molecule has 1 atom stereocenters. The lowest BCUT2D eigenvalue weighted by Crippen LogP contribution is -2.24. The number of thioether (sulfide) groups is 1. The summed E-state index contributed by atoms with van der Waals surface area (Å²) in [6.45, 7) is 7.46. The predicted molar refractivity (Wildman–Crippen MR) is 66.1 cm³/mol. The number of ether oxygens (including phenoxy) is 1. The largest absolute Gasteiger partial charge is 0.383 e. The molecule has 0 aromatic heterocycles. The topological polar surface area (TPSA) is 21.3 Å². The Bertz CT molecular complexity index is 99.5.